The molecule has 0 fully saturated rings. The Bertz CT molecular complexity index is 1090. The number of hydrogen-bond acceptors (Lipinski definition) is 4. The molecule has 134 valence electrons. The average Bonchev–Trinajstić information content (AvgIpc) is 2.72. The zero-order valence-electron chi connectivity index (χ0n) is 15.2. The number of allylic oxidation sites excluding steroid dienone is 2. The van der Waals surface area contributed by atoms with Crippen LogP contribution in [0.3, 0.4) is 0 Å². The highest BCUT2D eigenvalue weighted by atomic mass is 32.2. The van der Waals surface area contributed by atoms with E-state index in [1.807, 2.05) is 12.3 Å². The van der Waals surface area contributed by atoms with Gasteiger partial charge in [0, 0.05) is 40.1 Å². The molecule has 0 unspecified atom stereocenters. The number of benzene rings is 2. The van der Waals surface area contributed by atoms with E-state index in [2.05, 4.69) is 59.0 Å². The fourth-order valence-corrected chi connectivity index (χ4v) is 4.73. The van der Waals surface area contributed by atoms with Gasteiger partial charge in [0.05, 0.1) is 11.2 Å². The summed E-state index contributed by atoms with van der Waals surface area (Å²) < 4.78 is 0. The summed E-state index contributed by atoms with van der Waals surface area (Å²) in [6, 6.07) is 16.9. The van der Waals surface area contributed by atoms with E-state index in [9.17, 15) is 4.79 Å². The zero-order valence-corrected chi connectivity index (χ0v) is 16.0. The van der Waals surface area contributed by atoms with Crippen molar-refractivity contribution in [3.05, 3.63) is 77.1 Å². The number of rotatable bonds is 2. The molecule has 5 rings (SSSR count). The highest BCUT2D eigenvalue weighted by Crippen LogP contribution is 2.47. The molecule has 4 heteroatoms. The number of Topliss-reactive ketones (excluding diaryl/α,β-unsaturated/α-hetero) is 1. The summed E-state index contributed by atoms with van der Waals surface area (Å²) in [5, 5.41) is 4.73. The minimum atomic E-state index is -0.00966. The molecule has 1 atom stereocenters. The number of carbonyl (C=O) groups is 1. The van der Waals surface area contributed by atoms with Gasteiger partial charge in [0.25, 0.3) is 0 Å². The third kappa shape index (κ3) is 2.67. The second-order valence-corrected chi connectivity index (χ2v) is 7.98. The zero-order chi connectivity index (χ0) is 18.4. The van der Waals surface area contributed by atoms with Gasteiger partial charge in [-0.1, -0.05) is 18.2 Å². The van der Waals surface area contributed by atoms with E-state index in [-0.39, 0.29) is 11.7 Å². The lowest BCUT2D eigenvalue weighted by molar-refractivity contribution is -0.116. The standard InChI is InChI=1S/C23H20N2OS/c1-27-15-9-7-14(8-10-15)21-17-11-12-18-16(4-3-13-24-18)23(17)25-19-5-2-6-20(26)22(19)21/h3-4,7-13,21,25H,2,5-6H2,1H3/t21-/m0/s1. The molecule has 2 aliphatic rings. The number of hydrogen-bond donors (Lipinski definition) is 1. The summed E-state index contributed by atoms with van der Waals surface area (Å²) in [6.45, 7) is 0. The lowest BCUT2D eigenvalue weighted by Crippen LogP contribution is -2.27. The third-order valence-electron chi connectivity index (χ3n) is 5.60. The molecule has 0 spiro atoms. The molecular formula is C23H20N2OS. The van der Waals surface area contributed by atoms with Crippen LogP contribution in [0.2, 0.25) is 0 Å². The third-order valence-corrected chi connectivity index (χ3v) is 6.34. The first-order valence-electron chi connectivity index (χ1n) is 9.31. The first-order chi connectivity index (χ1) is 13.3. The van der Waals surface area contributed by atoms with E-state index in [0.29, 0.717) is 6.42 Å². The predicted octanol–water partition coefficient (Wildman–Crippen LogP) is 5.52. The van der Waals surface area contributed by atoms with Crippen LogP contribution < -0.4 is 5.32 Å². The van der Waals surface area contributed by atoms with Crippen LogP contribution in [-0.4, -0.2) is 17.0 Å². The number of ketones is 1. The Morgan fingerprint density at radius 3 is 2.74 bits per heavy atom. The van der Waals surface area contributed by atoms with Gasteiger partial charge in [-0.2, -0.15) is 0 Å². The van der Waals surface area contributed by atoms with Crippen molar-refractivity contribution in [3.63, 3.8) is 0 Å². The van der Waals surface area contributed by atoms with Crippen molar-refractivity contribution < 1.29 is 4.79 Å². The lowest BCUT2D eigenvalue weighted by Gasteiger charge is -2.34. The van der Waals surface area contributed by atoms with Gasteiger partial charge in [0.2, 0.25) is 0 Å². The predicted molar refractivity (Wildman–Crippen MR) is 111 cm³/mol. The first-order valence-corrected chi connectivity index (χ1v) is 10.5. The molecule has 27 heavy (non-hydrogen) atoms. The Hall–Kier alpha value is -2.59. The SMILES string of the molecule is CSc1ccc([C@@H]2C3=C(CCCC3=O)Nc3c2ccc2ncccc32)cc1. The minimum Gasteiger partial charge on any atom is -0.358 e. The molecule has 3 nitrogen and oxygen atoms in total. The lowest BCUT2D eigenvalue weighted by atomic mass is 9.75. The molecule has 1 N–H and O–H groups in total. The number of nitrogens with one attached hydrogen (secondary N) is 1. The van der Waals surface area contributed by atoms with Gasteiger partial charge in [0.15, 0.2) is 5.78 Å². The van der Waals surface area contributed by atoms with Crippen molar-refractivity contribution in [1.29, 1.82) is 0 Å². The molecule has 1 aromatic heterocycles. The number of thioether (sulfide) groups is 1. The summed E-state index contributed by atoms with van der Waals surface area (Å²) in [6.07, 6.45) is 6.40. The van der Waals surface area contributed by atoms with Crippen molar-refractivity contribution >= 4 is 34.1 Å². The summed E-state index contributed by atoms with van der Waals surface area (Å²) in [4.78, 5) is 18.6. The normalized spacial score (nSPS) is 18.9. The van der Waals surface area contributed by atoms with Crippen LogP contribution in [-0.2, 0) is 4.79 Å². The summed E-state index contributed by atoms with van der Waals surface area (Å²) in [5.41, 5.74) is 6.48. The van der Waals surface area contributed by atoms with Crippen LogP contribution in [0.1, 0.15) is 36.3 Å². The second-order valence-electron chi connectivity index (χ2n) is 7.10. The maximum Gasteiger partial charge on any atom is 0.161 e. The maximum atomic E-state index is 12.9. The van der Waals surface area contributed by atoms with E-state index < -0.39 is 0 Å². The molecule has 2 heterocycles. The number of aromatic nitrogens is 1. The first kappa shape index (κ1) is 16.6. The summed E-state index contributed by atoms with van der Waals surface area (Å²) >= 11 is 1.74. The van der Waals surface area contributed by atoms with E-state index in [0.717, 1.165) is 40.7 Å². The summed E-state index contributed by atoms with van der Waals surface area (Å²) in [7, 11) is 0. The Morgan fingerprint density at radius 2 is 1.93 bits per heavy atom. The average molecular weight is 372 g/mol. The van der Waals surface area contributed by atoms with E-state index in [1.54, 1.807) is 11.8 Å². The maximum absolute atomic E-state index is 12.9. The van der Waals surface area contributed by atoms with Gasteiger partial charge in [-0.25, -0.2) is 0 Å². The Balaban J connectivity index is 1.76. The van der Waals surface area contributed by atoms with E-state index in [4.69, 9.17) is 0 Å². The van der Waals surface area contributed by atoms with Gasteiger partial charge >= 0.3 is 0 Å². The Kier molecular flexibility index (Phi) is 4.01. The highest BCUT2D eigenvalue weighted by Gasteiger charge is 2.35. The largest absolute Gasteiger partial charge is 0.358 e. The van der Waals surface area contributed by atoms with Crippen molar-refractivity contribution in [3.8, 4) is 0 Å². The topological polar surface area (TPSA) is 42.0 Å². The van der Waals surface area contributed by atoms with Crippen LogP contribution >= 0.6 is 11.8 Å². The van der Waals surface area contributed by atoms with Gasteiger partial charge < -0.3 is 5.32 Å². The van der Waals surface area contributed by atoms with E-state index in [1.165, 1.54) is 16.0 Å². The number of carbonyl (C=O) groups excluding carboxylic acids is 1. The molecular weight excluding hydrogens is 352 g/mol. The molecule has 0 saturated heterocycles. The molecule has 3 aromatic rings. The quantitative estimate of drug-likeness (QED) is 0.601. The molecule has 1 aliphatic carbocycles. The highest BCUT2D eigenvalue weighted by molar-refractivity contribution is 7.98. The van der Waals surface area contributed by atoms with Gasteiger partial charge in [0.1, 0.15) is 0 Å². The van der Waals surface area contributed by atoms with Crippen LogP contribution in [0.4, 0.5) is 5.69 Å². The minimum absolute atomic E-state index is 0.00966. The molecule has 0 saturated carbocycles. The molecule has 0 radical (unpaired) electrons. The fourth-order valence-electron chi connectivity index (χ4n) is 4.33. The Morgan fingerprint density at radius 1 is 1.07 bits per heavy atom. The molecule has 1 aliphatic heterocycles. The van der Waals surface area contributed by atoms with Crippen molar-refractivity contribution in [1.82, 2.24) is 4.98 Å². The number of pyridine rings is 1. The Labute approximate surface area is 162 Å². The van der Waals surface area contributed by atoms with Crippen LogP contribution in [0.5, 0.6) is 0 Å². The van der Waals surface area contributed by atoms with Gasteiger partial charge in [-0.15, -0.1) is 11.8 Å². The van der Waals surface area contributed by atoms with Gasteiger partial charge in [-0.05, 0) is 60.6 Å². The van der Waals surface area contributed by atoms with Crippen LogP contribution in [0, 0.1) is 0 Å². The van der Waals surface area contributed by atoms with Crippen molar-refractivity contribution in [2.45, 2.75) is 30.1 Å². The van der Waals surface area contributed by atoms with Crippen molar-refractivity contribution in [2.75, 3.05) is 11.6 Å². The van der Waals surface area contributed by atoms with Gasteiger partial charge in [-0.3, -0.25) is 9.78 Å². The van der Waals surface area contributed by atoms with Crippen LogP contribution in [0.15, 0.2) is 70.9 Å². The molecule has 0 amide bonds. The smallest absolute Gasteiger partial charge is 0.161 e. The molecule has 0 bridgehead atoms. The van der Waals surface area contributed by atoms with Crippen molar-refractivity contribution in [2.24, 2.45) is 0 Å². The fraction of sp³-hybridized carbons (Fsp3) is 0.217. The number of anilines is 1. The molecule has 2 aromatic carbocycles. The monoisotopic (exact) mass is 372 g/mol. The second kappa shape index (κ2) is 6.54. The van der Waals surface area contributed by atoms with E-state index >= 15 is 0 Å². The van der Waals surface area contributed by atoms with Crippen LogP contribution in [0.25, 0.3) is 10.9 Å². The number of fused-ring (bicyclic) bond motifs is 3. The summed E-state index contributed by atoms with van der Waals surface area (Å²) in [5.74, 6) is 0.268. The number of nitrogens with zero attached hydrogens (tertiary/aromatic N) is 1.